The number of rotatable bonds is 4. The summed E-state index contributed by atoms with van der Waals surface area (Å²) in [5, 5.41) is 9.06. The quantitative estimate of drug-likeness (QED) is 0.572. The monoisotopic (exact) mass is 367 g/mol. The molecule has 2 heteroatoms. The van der Waals surface area contributed by atoms with Crippen molar-refractivity contribution in [2.45, 2.75) is 84.0 Å². The highest BCUT2D eigenvalue weighted by Gasteiger charge is 2.38. The zero-order valence-electron chi connectivity index (χ0n) is 16.9. The van der Waals surface area contributed by atoms with Crippen molar-refractivity contribution in [2.75, 3.05) is 0 Å². The Morgan fingerprint density at radius 3 is 2.52 bits per heavy atom. The van der Waals surface area contributed by atoms with Crippen molar-refractivity contribution in [3.8, 4) is 6.07 Å². The molecule has 5 atom stereocenters. The summed E-state index contributed by atoms with van der Waals surface area (Å²) in [7, 11) is 0. The average Bonchev–Trinajstić information content (AvgIpc) is 2.71. The lowest BCUT2D eigenvalue weighted by Crippen LogP contribution is -2.35. The third-order valence-corrected chi connectivity index (χ3v) is 8.10. The second kappa shape index (κ2) is 8.34. The lowest BCUT2D eigenvalue weighted by Gasteiger charge is -2.45. The van der Waals surface area contributed by atoms with Crippen LogP contribution in [-0.2, 0) is 12.8 Å². The maximum atomic E-state index is 14.4. The summed E-state index contributed by atoms with van der Waals surface area (Å²) in [6.07, 6.45) is 15.8. The van der Waals surface area contributed by atoms with Crippen molar-refractivity contribution in [2.24, 2.45) is 29.6 Å². The van der Waals surface area contributed by atoms with E-state index in [2.05, 4.69) is 6.92 Å². The Kier molecular flexibility index (Phi) is 5.86. The summed E-state index contributed by atoms with van der Waals surface area (Å²) in [6.45, 7) is 2.31. The number of hydrogen-bond acceptors (Lipinski definition) is 1. The molecule has 0 amide bonds. The molecule has 0 saturated heterocycles. The van der Waals surface area contributed by atoms with Gasteiger partial charge in [0.1, 0.15) is 11.9 Å². The standard InChI is InChI=1S/C25H34FN/c1-2-3-4-17-5-6-19-14-20(8-7-18(19)13-17)21-11-12-24-22(15-21)9-10-23(16-27)25(24)26/h9-10,17-21H,2-8,11-15H2,1H3. The van der Waals surface area contributed by atoms with E-state index in [0.717, 1.165) is 54.4 Å². The molecular weight excluding hydrogens is 333 g/mol. The number of nitriles is 1. The minimum Gasteiger partial charge on any atom is -0.205 e. The smallest absolute Gasteiger partial charge is 0.144 e. The molecule has 0 N–H and O–H groups in total. The van der Waals surface area contributed by atoms with E-state index in [-0.39, 0.29) is 11.4 Å². The highest BCUT2D eigenvalue weighted by molar-refractivity contribution is 5.41. The first-order valence-electron chi connectivity index (χ1n) is 11.4. The van der Waals surface area contributed by atoms with E-state index in [9.17, 15) is 4.39 Å². The Hall–Kier alpha value is -1.36. The zero-order chi connectivity index (χ0) is 18.8. The fraction of sp³-hybridized carbons (Fsp3) is 0.720. The van der Waals surface area contributed by atoms with Gasteiger partial charge >= 0.3 is 0 Å². The van der Waals surface area contributed by atoms with E-state index >= 15 is 0 Å². The number of fused-ring (bicyclic) bond motifs is 2. The maximum Gasteiger partial charge on any atom is 0.144 e. The second-order valence-electron chi connectivity index (χ2n) is 9.59. The fourth-order valence-corrected chi connectivity index (χ4v) is 6.53. The number of halogens is 1. The summed E-state index contributed by atoms with van der Waals surface area (Å²) in [4.78, 5) is 0. The fourth-order valence-electron chi connectivity index (χ4n) is 6.53. The Morgan fingerprint density at radius 2 is 1.74 bits per heavy atom. The van der Waals surface area contributed by atoms with Gasteiger partial charge in [-0.25, -0.2) is 4.39 Å². The van der Waals surface area contributed by atoms with Gasteiger partial charge in [-0.1, -0.05) is 38.7 Å². The lowest BCUT2D eigenvalue weighted by atomic mass is 9.61. The van der Waals surface area contributed by atoms with E-state index in [1.165, 1.54) is 63.4 Å². The van der Waals surface area contributed by atoms with Crippen LogP contribution in [0.4, 0.5) is 4.39 Å². The van der Waals surface area contributed by atoms with Crippen LogP contribution in [0, 0.1) is 46.7 Å². The average molecular weight is 368 g/mol. The number of unbranched alkanes of at least 4 members (excludes halogenated alkanes) is 1. The van der Waals surface area contributed by atoms with Crippen LogP contribution in [0.5, 0.6) is 0 Å². The molecule has 0 spiro atoms. The van der Waals surface area contributed by atoms with Gasteiger partial charge in [-0.05, 0) is 98.1 Å². The Morgan fingerprint density at radius 1 is 1.00 bits per heavy atom. The summed E-state index contributed by atoms with van der Waals surface area (Å²) in [6, 6.07) is 5.70. The van der Waals surface area contributed by atoms with Gasteiger partial charge < -0.3 is 0 Å². The Balaban J connectivity index is 1.37. The summed E-state index contributed by atoms with van der Waals surface area (Å²) in [5.41, 5.74) is 2.22. The molecule has 0 radical (unpaired) electrons. The normalized spacial score (nSPS) is 33.0. The molecule has 0 aliphatic heterocycles. The number of benzene rings is 1. The molecule has 0 aromatic heterocycles. The molecule has 2 saturated carbocycles. The molecule has 146 valence electrons. The van der Waals surface area contributed by atoms with Crippen molar-refractivity contribution in [1.82, 2.24) is 0 Å². The van der Waals surface area contributed by atoms with Gasteiger partial charge in [-0.15, -0.1) is 0 Å². The SMILES string of the molecule is CCCCC1CCC2CC(C3CCc4c(ccc(C#N)c4F)C3)CCC2C1. The van der Waals surface area contributed by atoms with E-state index < -0.39 is 0 Å². The summed E-state index contributed by atoms with van der Waals surface area (Å²) in [5.74, 6) is 4.27. The second-order valence-corrected chi connectivity index (χ2v) is 9.59. The maximum absolute atomic E-state index is 14.4. The van der Waals surface area contributed by atoms with E-state index in [0.29, 0.717) is 0 Å². The molecule has 3 aliphatic rings. The molecule has 4 rings (SSSR count). The van der Waals surface area contributed by atoms with Crippen LogP contribution in [0.1, 0.15) is 87.8 Å². The van der Waals surface area contributed by atoms with Crippen LogP contribution in [0.3, 0.4) is 0 Å². The van der Waals surface area contributed by atoms with Gasteiger partial charge in [0.2, 0.25) is 0 Å². The van der Waals surface area contributed by atoms with Crippen LogP contribution < -0.4 is 0 Å². The summed E-state index contributed by atoms with van der Waals surface area (Å²) < 4.78 is 14.4. The molecule has 2 fully saturated rings. The van der Waals surface area contributed by atoms with Crippen molar-refractivity contribution in [3.63, 3.8) is 0 Å². The Bertz CT molecular complexity index is 703. The van der Waals surface area contributed by atoms with Crippen LogP contribution in [0.15, 0.2) is 12.1 Å². The number of nitrogens with zero attached hydrogens (tertiary/aromatic N) is 1. The topological polar surface area (TPSA) is 23.8 Å². The van der Waals surface area contributed by atoms with Crippen LogP contribution in [0.2, 0.25) is 0 Å². The summed E-state index contributed by atoms with van der Waals surface area (Å²) >= 11 is 0. The van der Waals surface area contributed by atoms with Crippen molar-refractivity contribution in [1.29, 1.82) is 5.26 Å². The van der Waals surface area contributed by atoms with Crippen LogP contribution in [0.25, 0.3) is 0 Å². The van der Waals surface area contributed by atoms with Crippen molar-refractivity contribution in [3.05, 3.63) is 34.6 Å². The highest BCUT2D eigenvalue weighted by Crippen LogP contribution is 2.49. The minimum absolute atomic E-state index is 0.215. The van der Waals surface area contributed by atoms with Gasteiger partial charge in [-0.3, -0.25) is 0 Å². The lowest BCUT2D eigenvalue weighted by molar-refractivity contribution is 0.0690. The van der Waals surface area contributed by atoms with Gasteiger partial charge in [0.25, 0.3) is 0 Å². The van der Waals surface area contributed by atoms with Crippen LogP contribution in [-0.4, -0.2) is 0 Å². The van der Waals surface area contributed by atoms with Crippen molar-refractivity contribution >= 4 is 0 Å². The molecule has 3 aliphatic carbocycles. The molecule has 0 bridgehead atoms. The van der Waals surface area contributed by atoms with Gasteiger partial charge in [-0.2, -0.15) is 5.26 Å². The molecule has 1 aromatic carbocycles. The molecule has 27 heavy (non-hydrogen) atoms. The predicted octanol–water partition coefficient (Wildman–Crippen LogP) is 6.83. The highest BCUT2D eigenvalue weighted by atomic mass is 19.1. The molecule has 1 nitrogen and oxygen atoms in total. The van der Waals surface area contributed by atoms with E-state index in [1.54, 1.807) is 6.07 Å². The van der Waals surface area contributed by atoms with Gasteiger partial charge in [0.15, 0.2) is 0 Å². The van der Waals surface area contributed by atoms with Gasteiger partial charge in [0.05, 0.1) is 5.56 Å². The first-order chi connectivity index (χ1) is 13.2. The predicted molar refractivity (Wildman–Crippen MR) is 108 cm³/mol. The van der Waals surface area contributed by atoms with E-state index in [4.69, 9.17) is 5.26 Å². The van der Waals surface area contributed by atoms with Gasteiger partial charge in [0, 0.05) is 0 Å². The van der Waals surface area contributed by atoms with E-state index in [1.807, 2.05) is 12.1 Å². The first-order valence-corrected chi connectivity index (χ1v) is 11.4. The molecule has 1 aromatic rings. The molecular formula is C25H34FN. The third-order valence-electron chi connectivity index (χ3n) is 8.10. The zero-order valence-corrected chi connectivity index (χ0v) is 16.9. The van der Waals surface area contributed by atoms with Crippen LogP contribution >= 0.6 is 0 Å². The molecule has 5 unspecified atom stereocenters. The first kappa shape index (κ1) is 19.0. The minimum atomic E-state index is -0.248. The van der Waals surface area contributed by atoms with Crippen molar-refractivity contribution < 1.29 is 4.39 Å². The largest absolute Gasteiger partial charge is 0.205 e. The molecule has 0 heterocycles. The number of hydrogen-bond donors (Lipinski definition) is 0. The third kappa shape index (κ3) is 3.94. The Labute approximate surface area is 164 Å².